The van der Waals surface area contributed by atoms with Crippen LogP contribution in [0.15, 0.2) is 47.6 Å². The molecule has 3 atom stereocenters. The molecule has 3 aromatic heterocycles. The Kier molecular flexibility index (Phi) is 5.96. The Balaban J connectivity index is 1.61. The lowest BCUT2D eigenvalue weighted by atomic mass is 9.93. The zero-order chi connectivity index (χ0) is 26.7. The van der Waals surface area contributed by atoms with E-state index in [0.717, 1.165) is 9.54 Å². The third kappa shape index (κ3) is 4.12. The molecule has 1 amide bonds. The quantitative estimate of drug-likeness (QED) is 0.365. The lowest BCUT2D eigenvalue weighted by molar-refractivity contribution is 0.160. The lowest BCUT2D eigenvalue weighted by Gasteiger charge is -2.23. The van der Waals surface area contributed by atoms with Crippen molar-refractivity contribution in [1.82, 2.24) is 27.9 Å². The predicted octanol–water partition coefficient (Wildman–Crippen LogP) is 2.08. The molecule has 37 heavy (non-hydrogen) atoms. The summed E-state index contributed by atoms with van der Waals surface area (Å²) in [5, 5.41) is 23.2. The molecule has 13 nitrogen and oxygen atoms in total. The zero-order valence-corrected chi connectivity index (χ0v) is 21.6. The molecule has 0 bridgehead atoms. The summed E-state index contributed by atoms with van der Waals surface area (Å²) in [6.45, 7) is 3.79. The van der Waals surface area contributed by atoms with Gasteiger partial charge in [0.1, 0.15) is 5.82 Å². The number of hydrogen-bond donors (Lipinski definition) is 2. The van der Waals surface area contributed by atoms with E-state index in [1.165, 1.54) is 24.5 Å². The first-order chi connectivity index (χ1) is 17.4. The molecule has 0 unspecified atom stereocenters. The van der Waals surface area contributed by atoms with Gasteiger partial charge in [0.2, 0.25) is 0 Å². The molecular formula is C22H25N7O6S2. The SMILES string of the molecule is CC[C@@H]1C[C@H](N(C(=O)O)S(N)(=O)=O)C[C@@H]1c1nnc2cnc3c(ccn3S(=O)(=O)c3ccc(C)cc3)n12. The van der Waals surface area contributed by atoms with Crippen LogP contribution in [-0.2, 0) is 20.2 Å². The van der Waals surface area contributed by atoms with Crippen molar-refractivity contribution in [1.29, 1.82) is 0 Å². The average Bonchev–Trinajstić information content (AvgIpc) is 3.53. The second-order valence-electron chi connectivity index (χ2n) is 9.17. The molecule has 1 saturated carbocycles. The number of carboxylic acid groups (broad SMARTS) is 1. The maximum absolute atomic E-state index is 13.4. The molecule has 196 valence electrons. The summed E-state index contributed by atoms with van der Waals surface area (Å²) in [4.78, 5) is 16.2. The number of amides is 1. The number of carbonyl (C=O) groups is 1. The van der Waals surface area contributed by atoms with Crippen LogP contribution in [0.5, 0.6) is 0 Å². The monoisotopic (exact) mass is 547 g/mol. The van der Waals surface area contributed by atoms with Crippen molar-refractivity contribution >= 4 is 43.1 Å². The van der Waals surface area contributed by atoms with Crippen molar-refractivity contribution in [2.75, 3.05) is 0 Å². The first-order valence-corrected chi connectivity index (χ1v) is 14.5. The third-order valence-electron chi connectivity index (χ3n) is 6.96. The van der Waals surface area contributed by atoms with E-state index >= 15 is 0 Å². The zero-order valence-electron chi connectivity index (χ0n) is 20.0. The van der Waals surface area contributed by atoms with Crippen molar-refractivity contribution in [3.8, 4) is 0 Å². The molecule has 0 aliphatic heterocycles. The Hall–Kier alpha value is -3.56. The number of nitrogens with zero attached hydrogens (tertiary/aromatic N) is 6. The van der Waals surface area contributed by atoms with Crippen molar-refractivity contribution in [2.24, 2.45) is 11.1 Å². The van der Waals surface area contributed by atoms with Gasteiger partial charge in [-0.1, -0.05) is 31.0 Å². The molecule has 3 heterocycles. The van der Waals surface area contributed by atoms with Gasteiger partial charge < -0.3 is 5.11 Å². The molecule has 1 aliphatic carbocycles. The molecule has 0 radical (unpaired) electrons. The largest absolute Gasteiger partial charge is 0.464 e. The Bertz CT molecular complexity index is 1730. The summed E-state index contributed by atoms with van der Waals surface area (Å²) in [5.74, 6) is 0.0147. The van der Waals surface area contributed by atoms with Crippen LogP contribution in [0.25, 0.3) is 16.8 Å². The molecule has 5 rings (SSSR count). The normalized spacial score (nSPS) is 20.6. The summed E-state index contributed by atoms with van der Waals surface area (Å²) in [7, 11) is -8.42. The number of rotatable bonds is 6. The van der Waals surface area contributed by atoms with E-state index in [2.05, 4.69) is 15.2 Å². The number of fused-ring (bicyclic) bond motifs is 3. The minimum Gasteiger partial charge on any atom is -0.464 e. The fourth-order valence-corrected chi connectivity index (χ4v) is 7.34. The minimum absolute atomic E-state index is 0.109. The van der Waals surface area contributed by atoms with E-state index in [4.69, 9.17) is 5.14 Å². The van der Waals surface area contributed by atoms with E-state index in [-0.39, 0.29) is 35.2 Å². The van der Waals surface area contributed by atoms with Gasteiger partial charge in [-0.15, -0.1) is 10.2 Å². The summed E-state index contributed by atoms with van der Waals surface area (Å²) in [5.41, 5.74) is 1.93. The van der Waals surface area contributed by atoms with Crippen LogP contribution in [0.4, 0.5) is 4.79 Å². The topological polar surface area (TPSA) is 183 Å². The van der Waals surface area contributed by atoms with Crippen molar-refractivity contribution in [2.45, 2.75) is 50.0 Å². The highest BCUT2D eigenvalue weighted by molar-refractivity contribution is 7.90. The van der Waals surface area contributed by atoms with Crippen LogP contribution in [0.1, 0.15) is 43.5 Å². The molecule has 0 saturated heterocycles. The first kappa shape index (κ1) is 25.1. The Labute approximate surface area is 212 Å². The van der Waals surface area contributed by atoms with E-state index in [1.54, 1.807) is 22.6 Å². The fraction of sp³-hybridized carbons (Fsp3) is 0.364. The van der Waals surface area contributed by atoms with Gasteiger partial charge in [0.25, 0.3) is 10.0 Å². The van der Waals surface area contributed by atoms with Gasteiger partial charge in [-0.2, -0.15) is 12.7 Å². The number of aromatic nitrogens is 5. The molecule has 1 fully saturated rings. The number of hydrogen-bond acceptors (Lipinski definition) is 8. The van der Waals surface area contributed by atoms with Gasteiger partial charge in [0.15, 0.2) is 11.3 Å². The number of benzene rings is 1. The average molecular weight is 548 g/mol. The highest BCUT2D eigenvalue weighted by atomic mass is 32.2. The standard InChI is InChI=1S/C22H25N7O6S2/c1-3-14-10-15(29(22(30)31)37(23,34)35)11-17(14)20-26-25-19-12-24-21-18(28(19)20)8-9-27(21)36(32,33)16-6-4-13(2)5-7-16/h4-9,12,14-15,17H,3,10-11H2,1-2H3,(H,30,31)(H2,23,34,35)/t14-,15+,17+/m1/s1. The van der Waals surface area contributed by atoms with E-state index in [1.807, 2.05) is 13.8 Å². The predicted molar refractivity (Wildman–Crippen MR) is 133 cm³/mol. The van der Waals surface area contributed by atoms with E-state index in [9.17, 15) is 26.7 Å². The van der Waals surface area contributed by atoms with Crippen LogP contribution < -0.4 is 5.14 Å². The minimum atomic E-state index is -4.48. The summed E-state index contributed by atoms with van der Waals surface area (Å²) in [6.07, 6.45) is 2.26. The summed E-state index contributed by atoms with van der Waals surface area (Å²) >= 11 is 0. The van der Waals surface area contributed by atoms with E-state index < -0.39 is 32.4 Å². The number of aryl methyl sites for hydroxylation is 1. The van der Waals surface area contributed by atoms with Crippen LogP contribution in [0.3, 0.4) is 0 Å². The first-order valence-electron chi connectivity index (χ1n) is 11.5. The van der Waals surface area contributed by atoms with Gasteiger partial charge in [-0.05, 0) is 43.9 Å². The molecular weight excluding hydrogens is 522 g/mol. The van der Waals surface area contributed by atoms with Crippen LogP contribution in [0.2, 0.25) is 0 Å². The molecule has 3 N–H and O–H groups in total. The second kappa shape index (κ2) is 8.78. The molecule has 1 aromatic carbocycles. The highest BCUT2D eigenvalue weighted by Gasteiger charge is 2.44. The highest BCUT2D eigenvalue weighted by Crippen LogP contribution is 2.43. The molecule has 15 heteroatoms. The smallest absolute Gasteiger partial charge is 0.422 e. The Morgan fingerprint density at radius 3 is 2.46 bits per heavy atom. The fourth-order valence-electron chi connectivity index (χ4n) is 5.24. The maximum atomic E-state index is 13.4. The Morgan fingerprint density at radius 2 is 1.84 bits per heavy atom. The second-order valence-corrected chi connectivity index (χ2v) is 12.4. The van der Waals surface area contributed by atoms with Crippen LogP contribution in [0, 0.1) is 12.8 Å². The summed E-state index contributed by atoms with van der Waals surface area (Å²) in [6, 6.07) is 7.23. The van der Waals surface area contributed by atoms with Crippen molar-refractivity contribution in [3.05, 3.63) is 54.1 Å². The van der Waals surface area contributed by atoms with E-state index in [0.29, 0.717) is 27.7 Å². The molecule has 0 spiro atoms. The van der Waals surface area contributed by atoms with Gasteiger partial charge in [-0.3, -0.25) is 4.40 Å². The molecule has 4 aromatic rings. The van der Waals surface area contributed by atoms with Crippen molar-refractivity contribution < 1.29 is 26.7 Å². The lowest BCUT2D eigenvalue weighted by Crippen LogP contribution is -2.46. The van der Waals surface area contributed by atoms with Crippen LogP contribution in [-0.4, -0.2) is 61.9 Å². The number of nitrogens with two attached hydrogens (primary N) is 1. The van der Waals surface area contributed by atoms with Crippen LogP contribution >= 0.6 is 0 Å². The van der Waals surface area contributed by atoms with Gasteiger partial charge in [-0.25, -0.2) is 27.3 Å². The third-order valence-corrected chi connectivity index (χ3v) is 9.64. The van der Waals surface area contributed by atoms with Crippen molar-refractivity contribution in [3.63, 3.8) is 0 Å². The Morgan fingerprint density at radius 1 is 1.14 bits per heavy atom. The maximum Gasteiger partial charge on any atom is 0.422 e. The van der Waals surface area contributed by atoms with Gasteiger partial charge in [0.05, 0.1) is 22.7 Å². The molecule has 1 aliphatic rings. The van der Waals surface area contributed by atoms with Gasteiger partial charge >= 0.3 is 16.3 Å². The van der Waals surface area contributed by atoms with Gasteiger partial charge in [0, 0.05) is 12.1 Å². The summed E-state index contributed by atoms with van der Waals surface area (Å²) < 4.78 is 53.8.